The molecule has 1 aliphatic heterocycles. The van der Waals surface area contributed by atoms with Gasteiger partial charge in [0.25, 0.3) is 0 Å². The van der Waals surface area contributed by atoms with Crippen molar-refractivity contribution in [1.29, 1.82) is 0 Å². The van der Waals surface area contributed by atoms with Gasteiger partial charge in [-0.15, -0.1) is 0 Å². The minimum Gasteiger partial charge on any atom is -0.396 e. The van der Waals surface area contributed by atoms with Crippen molar-refractivity contribution < 1.29 is 5.11 Å². The van der Waals surface area contributed by atoms with Crippen LogP contribution in [0.3, 0.4) is 0 Å². The number of nitrogens with one attached hydrogen (secondary N) is 1. The van der Waals surface area contributed by atoms with E-state index in [2.05, 4.69) is 5.32 Å². The van der Waals surface area contributed by atoms with Crippen LogP contribution >= 0.6 is 11.8 Å². The van der Waals surface area contributed by atoms with Crippen LogP contribution in [0, 0.1) is 5.92 Å². The molecule has 0 amide bonds. The second kappa shape index (κ2) is 4.21. The van der Waals surface area contributed by atoms with Gasteiger partial charge in [-0.1, -0.05) is 0 Å². The Morgan fingerprint density at radius 3 is 3.00 bits per heavy atom. The Balaban J connectivity index is 2.34. The van der Waals surface area contributed by atoms with Gasteiger partial charge in [-0.2, -0.15) is 11.8 Å². The third-order valence-electron chi connectivity index (χ3n) is 2.10. The maximum atomic E-state index is 8.94. The van der Waals surface area contributed by atoms with Gasteiger partial charge < -0.3 is 10.4 Å². The van der Waals surface area contributed by atoms with Gasteiger partial charge >= 0.3 is 0 Å². The molecule has 1 saturated heterocycles. The minimum absolute atomic E-state index is 0.339. The lowest BCUT2D eigenvalue weighted by atomic mass is 9.99. The number of thioether (sulfide) groups is 1. The summed E-state index contributed by atoms with van der Waals surface area (Å²) in [6, 6.07) is 0.531. The Bertz CT molecular complexity index is 87.6. The predicted octanol–water partition coefficient (Wildman–Crippen LogP) is 0.320. The first-order chi connectivity index (χ1) is 4.88. The first kappa shape index (κ1) is 8.37. The Morgan fingerprint density at radius 2 is 2.50 bits per heavy atom. The summed E-state index contributed by atoms with van der Waals surface area (Å²) in [4.78, 5) is 0. The molecular weight excluding hydrogens is 146 g/mol. The monoisotopic (exact) mass is 161 g/mol. The molecule has 1 rings (SSSR count). The van der Waals surface area contributed by atoms with Crippen LogP contribution in [0.25, 0.3) is 0 Å². The number of aliphatic hydroxyl groups is 1. The van der Waals surface area contributed by atoms with Crippen molar-refractivity contribution >= 4 is 11.8 Å². The number of aliphatic hydroxyl groups excluding tert-OH is 1. The van der Waals surface area contributed by atoms with E-state index in [-0.39, 0.29) is 0 Å². The molecule has 2 unspecified atom stereocenters. The summed E-state index contributed by atoms with van der Waals surface area (Å²) in [5, 5.41) is 12.2. The van der Waals surface area contributed by atoms with Crippen molar-refractivity contribution in [2.24, 2.45) is 5.92 Å². The zero-order valence-electron chi connectivity index (χ0n) is 6.34. The molecule has 0 aromatic rings. The molecule has 1 aliphatic rings. The predicted molar refractivity (Wildman–Crippen MR) is 45.4 cm³/mol. The number of hydrogen-bond acceptors (Lipinski definition) is 3. The maximum Gasteiger partial charge on any atom is 0.0474 e. The van der Waals surface area contributed by atoms with Crippen molar-refractivity contribution in [2.45, 2.75) is 12.5 Å². The molecule has 60 valence electrons. The van der Waals surface area contributed by atoms with Crippen molar-refractivity contribution in [2.75, 3.05) is 25.2 Å². The van der Waals surface area contributed by atoms with E-state index in [1.54, 1.807) is 0 Å². The molecule has 0 saturated carbocycles. The van der Waals surface area contributed by atoms with Gasteiger partial charge in [0.2, 0.25) is 0 Å². The van der Waals surface area contributed by atoms with Crippen LogP contribution in [-0.2, 0) is 0 Å². The van der Waals surface area contributed by atoms with Crippen LogP contribution in [0.2, 0.25) is 0 Å². The zero-order chi connectivity index (χ0) is 7.40. The second-order valence-corrected chi connectivity index (χ2v) is 3.85. The molecule has 2 N–H and O–H groups in total. The van der Waals surface area contributed by atoms with E-state index in [1.807, 2.05) is 18.8 Å². The molecule has 0 aliphatic carbocycles. The first-order valence-corrected chi connectivity index (χ1v) is 4.90. The lowest BCUT2D eigenvalue weighted by molar-refractivity contribution is 0.194. The Labute approximate surface area is 66.4 Å². The van der Waals surface area contributed by atoms with E-state index in [9.17, 15) is 0 Å². The van der Waals surface area contributed by atoms with Crippen molar-refractivity contribution in [1.82, 2.24) is 5.32 Å². The van der Waals surface area contributed by atoms with Crippen molar-refractivity contribution in [3.8, 4) is 0 Å². The molecule has 0 radical (unpaired) electrons. The molecule has 2 atom stereocenters. The SMILES string of the molecule is CNC1CSCCC1CO. The van der Waals surface area contributed by atoms with Crippen LogP contribution in [0.1, 0.15) is 6.42 Å². The number of rotatable bonds is 2. The Morgan fingerprint density at radius 1 is 1.70 bits per heavy atom. The lowest BCUT2D eigenvalue weighted by Crippen LogP contribution is -2.40. The van der Waals surface area contributed by atoms with Crippen LogP contribution in [0.4, 0.5) is 0 Å². The second-order valence-electron chi connectivity index (χ2n) is 2.70. The largest absolute Gasteiger partial charge is 0.396 e. The minimum atomic E-state index is 0.339. The molecule has 0 bridgehead atoms. The number of hydrogen-bond donors (Lipinski definition) is 2. The van der Waals surface area contributed by atoms with Crippen LogP contribution in [0.15, 0.2) is 0 Å². The normalized spacial score (nSPS) is 34.2. The zero-order valence-corrected chi connectivity index (χ0v) is 7.16. The molecule has 0 aromatic heterocycles. The van der Waals surface area contributed by atoms with E-state index in [4.69, 9.17) is 5.11 Å². The van der Waals surface area contributed by atoms with Gasteiger partial charge in [0.05, 0.1) is 0 Å². The summed E-state index contributed by atoms with van der Waals surface area (Å²) in [6.07, 6.45) is 1.16. The highest BCUT2D eigenvalue weighted by atomic mass is 32.2. The highest BCUT2D eigenvalue weighted by Crippen LogP contribution is 2.22. The molecule has 10 heavy (non-hydrogen) atoms. The van der Waals surface area contributed by atoms with E-state index in [1.165, 1.54) is 5.75 Å². The summed E-state index contributed by atoms with van der Waals surface area (Å²) in [5.74, 6) is 2.86. The van der Waals surface area contributed by atoms with Crippen LogP contribution in [0.5, 0.6) is 0 Å². The molecular formula is C7H15NOS. The van der Waals surface area contributed by atoms with Crippen molar-refractivity contribution in [3.63, 3.8) is 0 Å². The van der Waals surface area contributed by atoms with E-state index >= 15 is 0 Å². The van der Waals surface area contributed by atoms with Gasteiger partial charge in [0.1, 0.15) is 0 Å². The highest BCUT2D eigenvalue weighted by molar-refractivity contribution is 7.99. The average molecular weight is 161 g/mol. The van der Waals surface area contributed by atoms with Gasteiger partial charge in [-0.25, -0.2) is 0 Å². The summed E-state index contributed by atoms with van der Waals surface area (Å²) in [5.41, 5.74) is 0. The molecule has 3 heteroatoms. The summed E-state index contributed by atoms with van der Waals surface area (Å²) < 4.78 is 0. The Hall–Kier alpha value is 0.270. The summed E-state index contributed by atoms with van der Waals surface area (Å²) in [7, 11) is 1.97. The molecule has 1 fully saturated rings. The molecule has 2 nitrogen and oxygen atoms in total. The third kappa shape index (κ3) is 1.87. The highest BCUT2D eigenvalue weighted by Gasteiger charge is 2.22. The first-order valence-electron chi connectivity index (χ1n) is 3.74. The van der Waals surface area contributed by atoms with Crippen molar-refractivity contribution in [3.05, 3.63) is 0 Å². The quantitative estimate of drug-likeness (QED) is 0.612. The van der Waals surface area contributed by atoms with Gasteiger partial charge in [0, 0.05) is 18.4 Å². The van der Waals surface area contributed by atoms with Gasteiger partial charge in [-0.05, 0) is 25.1 Å². The average Bonchev–Trinajstić information content (AvgIpc) is 2.04. The summed E-state index contributed by atoms with van der Waals surface area (Å²) in [6.45, 7) is 0.339. The standard InChI is InChI=1S/C7H15NOS/c1-8-7-5-10-3-2-6(7)4-9/h6-9H,2-5H2,1H3. The summed E-state index contributed by atoms with van der Waals surface area (Å²) >= 11 is 1.97. The van der Waals surface area contributed by atoms with Gasteiger partial charge in [0.15, 0.2) is 0 Å². The van der Waals surface area contributed by atoms with Crippen LogP contribution in [-0.4, -0.2) is 36.3 Å². The van der Waals surface area contributed by atoms with E-state index in [0.717, 1.165) is 12.2 Å². The van der Waals surface area contributed by atoms with Gasteiger partial charge in [-0.3, -0.25) is 0 Å². The molecule has 1 heterocycles. The lowest BCUT2D eigenvalue weighted by Gasteiger charge is -2.29. The topological polar surface area (TPSA) is 32.3 Å². The maximum absolute atomic E-state index is 8.94. The fourth-order valence-corrected chi connectivity index (χ4v) is 2.65. The molecule has 0 spiro atoms. The smallest absolute Gasteiger partial charge is 0.0474 e. The Kier molecular flexibility index (Phi) is 3.52. The fraction of sp³-hybridized carbons (Fsp3) is 1.00. The van der Waals surface area contributed by atoms with Crippen LogP contribution < -0.4 is 5.32 Å². The van der Waals surface area contributed by atoms with E-state index in [0.29, 0.717) is 18.6 Å². The fourth-order valence-electron chi connectivity index (χ4n) is 1.32. The third-order valence-corrected chi connectivity index (χ3v) is 3.22. The van der Waals surface area contributed by atoms with E-state index < -0.39 is 0 Å². The molecule has 0 aromatic carbocycles.